The first-order chi connectivity index (χ1) is 10.0. The van der Waals surface area contributed by atoms with E-state index >= 15 is 0 Å². The van der Waals surface area contributed by atoms with Crippen LogP contribution < -0.4 is 4.74 Å². The second-order valence-corrected chi connectivity index (χ2v) is 5.15. The van der Waals surface area contributed by atoms with Gasteiger partial charge in [-0.05, 0) is 47.1 Å². The van der Waals surface area contributed by atoms with E-state index in [-0.39, 0.29) is 16.6 Å². The zero-order chi connectivity index (χ0) is 15.4. The Balaban J connectivity index is 2.28. The fourth-order valence-electron chi connectivity index (χ4n) is 1.80. The molecule has 0 saturated heterocycles. The van der Waals surface area contributed by atoms with Crippen molar-refractivity contribution in [3.63, 3.8) is 0 Å². The van der Waals surface area contributed by atoms with E-state index in [1.165, 1.54) is 6.07 Å². The minimum Gasteiger partial charge on any atom is -0.488 e. The van der Waals surface area contributed by atoms with Gasteiger partial charge in [-0.2, -0.15) is 0 Å². The summed E-state index contributed by atoms with van der Waals surface area (Å²) in [6, 6.07) is 9.26. The van der Waals surface area contributed by atoms with Crippen LogP contribution in [0.2, 0.25) is 0 Å². The fraction of sp³-hybridized carbons (Fsp3) is 0.133. The molecule has 21 heavy (non-hydrogen) atoms. The summed E-state index contributed by atoms with van der Waals surface area (Å²) in [6.45, 7) is 1.33. The molecule has 0 atom stereocenters. The van der Waals surface area contributed by atoms with E-state index in [9.17, 15) is 8.78 Å². The molecular weight excluding hydrogens is 344 g/mol. The molecule has 6 heteroatoms. The number of nitrogens with zero attached hydrogens (tertiary/aromatic N) is 1. The Labute approximate surface area is 129 Å². The molecule has 0 radical (unpaired) electrons. The van der Waals surface area contributed by atoms with E-state index < -0.39 is 11.6 Å². The zero-order valence-electron chi connectivity index (χ0n) is 11.1. The number of oxime groups is 1. The molecule has 2 aromatic rings. The van der Waals surface area contributed by atoms with E-state index in [4.69, 9.17) is 9.94 Å². The summed E-state index contributed by atoms with van der Waals surface area (Å²) < 4.78 is 33.2. The first kappa shape index (κ1) is 15.4. The number of benzene rings is 2. The van der Waals surface area contributed by atoms with Crippen LogP contribution in [0, 0.1) is 11.6 Å². The van der Waals surface area contributed by atoms with Crippen molar-refractivity contribution in [2.24, 2.45) is 5.16 Å². The second-order valence-electron chi connectivity index (χ2n) is 4.29. The lowest BCUT2D eigenvalue weighted by Crippen LogP contribution is -2.06. The maximum absolute atomic E-state index is 13.9. The highest BCUT2D eigenvalue weighted by Crippen LogP contribution is 2.25. The average molecular weight is 356 g/mol. The Bertz CT molecular complexity index is 689. The largest absolute Gasteiger partial charge is 0.488 e. The lowest BCUT2D eigenvalue weighted by atomic mass is 10.1. The molecule has 0 heterocycles. The van der Waals surface area contributed by atoms with Crippen molar-refractivity contribution in [1.82, 2.24) is 0 Å². The lowest BCUT2D eigenvalue weighted by Gasteiger charge is -2.12. The molecule has 0 unspecified atom stereocenters. The monoisotopic (exact) mass is 355 g/mol. The Morgan fingerprint density at radius 3 is 2.67 bits per heavy atom. The molecular formula is C15H12BrF2NO2. The molecule has 2 aromatic carbocycles. The normalized spacial score (nSPS) is 11.5. The number of ether oxygens (including phenoxy) is 1. The van der Waals surface area contributed by atoms with Crippen molar-refractivity contribution < 1.29 is 18.7 Å². The summed E-state index contributed by atoms with van der Waals surface area (Å²) in [4.78, 5) is 0. The summed E-state index contributed by atoms with van der Waals surface area (Å²) >= 11 is 3.01. The highest BCUT2D eigenvalue weighted by atomic mass is 79.9. The lowest BCUT2D eigenvalue weighted by molar-refractivity contribution is 0.290. The predicted octanol–water partition coefficient (Wildman–Crippen LogP) is 4.50. The van der Waals surface area contributed by atoms with Crippen molar-refractivity contribution >= 4 is 21.6 Å². The van der Waals surface area contributed by atoms with Crippen molar-refractivity contribution in [3.05, 3.63) is 63.6 Å². The standard InChI is InChI=1S/C15H12BrF2NO2/c1-9(19-20)10-4-2-3-5-14(10)21-8-11-13(17)7-6-12(16)15(11)18/h2-7,20H,8H2,1H3/b19-9-. The van der Waals surface area contributed by atoms with Gasteiger partial charge in [0.25, 0.3) is 0 Å². The minimum absolute atomic E-state index is 0.169. The summed E-state index contributed by atoms with van der Waals surface area (Å²) in [5, 5.41) is 11.9. The maximum atomic E-state index is 13.9. The quantitative estimate of drug-likeness (QED) is 0.379. The van der Waals surface area contributed by atoms with Crippen LogP contribution in [-0.2, 0) is 6.61 Å². The summed E-state index contributed by atoms with van der Waals surface area (Å²) in [5.41, 5.74) is 0.731. The van der Waals surface area contributed by atoms with Gasteiger partial charge in [-0.15, -0.1) is 0 Å². The highest BCUT2D eigenvalue weighted by Gasteiger charge is 2.14. The number of halogens is 3. The third-order valence-electron chi connectivity index (χ3n) is 2.94. The molecule has 3 nitrogen and oxygen atoms in total. The van der Waals surface area contributed by atoms with Gasteiger partial charge in [0.1, 0.15) is 24.0 Å². The van der Waals surface area contributed by atoms with Crippen LogP contribution in [0.15, 0.2) is 46.0 Å². The van der Waals surface area contributed by atoms with Crippen LogP contribution in [0.5, 0.6) is 5.75 Å². The Hall–Kier alpha value is -1.95. The van der Waals surface area contributed by atoms with Gasteiger partial charge in [0.2, 0.25) is 0 Å². The Kier molecular flexibility index (Phi) is 4.90. The third kappa shape index (κ3) is 3.39. The third-order valence-corrected chi connectivity index (χ3v) is 3.55. The van der Waals surface area contributed by atoms with Gasteiger partial charge >= 0.3 is 0 Å². The smallest absolute Gasteiger partial charge is 0.146 e. The molecule has 0 aromatic heterocycles. The first-order valence-corrected chi connectivity index (χ1v) is 6.87. The van der Waals surface area contributed by atoms with Gasteiger partial charge in [-0.25, -0.2) is 8.78 Å². The first-order valence-electron chi connectivity index (χ1n) is 6.07. The topological polar surface area (TPSA) is 41.8 Å². The summed E-state index contributed by atoms with van der Waals surface area (Å²) in [7, 11) is 0. The highest BCUT2D eigenvalue weighted by molar-refractivity contribution is 9.10. The number of rotatable bonds is 4. The van der Waals surface area contributed by atoms with Gasteiger partial charge in [0, 0.05) is 5.56 Å². The maximum Gasteiger partial charge on any atom is 0.146 e. The van der Waals surface area contributed by atoms with Gasteiger partial charge in [-0.3, -0.25) is 0 Å². The van der Waals surface area contributed by atoms with Gasteiger partial charge < -0.3 is 9.94 Å². The molecule has 0 bridgehead atoms. The van der Waals surface area contributed by atoms with Crippen molar-refractivity contribution in [1.29, 1.82) is 0 Å². The van der Waals surface area contributed by atoms with E-state index in [1.807, 2.05) is 0 Å². The van der Waals surface area contributed by atoms with Gasteiger partial charge in [-0.1, -0.05) is 17.3 Å². The molecule has 0 fully saturated rings. The zero-order valence-corrected chi connectivity index (χ0v) is 12.7. The van der Waals surface area contributed by atoms with E-state index in [2.05, 4.69) is 21.1 Å². The molecule has 0 aliphatic carbocycles. The number of hydrogen-bond acceptors (Lipinski definition) is 3. The van der Waals surface area contributed by atoms with E-state index in [0.717, 1.165) is 6.07 Å². The Morgan fingerprint density at radius 2 is 1.95 bits per heavy atom. The van der Waals surface area contributed by atoms with E-state index in [0.29, 0.717) is 17.0 Å². The van der Waals surface area contributed by atoms with Gasteiger partial charge in [0.15, 0.2) is 0 Å². The minimum atomic E-state index is -0.694. The van der Waals surface area contributed by atoms with E-state index in [1.54, 1.807) is 31.2 Å². The molecule has 0 spiro atoms. The molecule has 110 valence electrons. The summed E-state index contributed by atoms with van der Waals surface area (Å²) in [5.74, 6) is -0.993. The fourth-order valence-corrected chi connectivity index (χ4v) is 2.17. The molecule has 0 aliphatic heterocycles. The molecule has 0 aliphatic rings. The molecule has 0 saturated carbocycles. The van der Waals surface area contributed by atoms with Crippen molar-refractivity contribution in [2.75, 3.05) is 0 Å². The van der Waals surface area contributed by atoms with Gasteiger partial charge in [0.05, 0.1) is 15.7 Å². The average Bonchev–Trinajstić information content (AvgIpc) is 2.50. The number of para-hydroxylation sites is 1. The van der Waals surface area contributed by atoms with Crippen LogP contribution in [0.25, 0.3) is 0 Å². The van der Waals surface area contributed by atoms with Crippen molar-refractivity contribution in [3.8, 4) is 5.75 Å². The molecule has 2 rings (SSSR count). The molecule has 0 amide bonds. The van der Waals surface area contributed by atoms with Crippen LogP contribution >= 0.6 is 15.9 Å². The van der Waals surface area contributed by atoms with Crippen LogP contribution in [-0.4, -0.2) is 10.9 Å². The van der Waals surface area contributed by atoms with Crippen LogP contribution in [0.3, 0.4) is 0 Å². The predicted molar refractivity (Wildman–Crippen MR) is 78.8 cm³/mol. The molecule has 1 N–H and O–H groups in total. The Morgan fingerprint density at radius 1 is 1.24 bits per heavy atom. The SMILES string of the molecule is C/C(=N/O)c1ccccc1OCc1c(F)ccc(Br)c1F. The van der Waals surface area contributed by atoms with Crippen molar-refractivity contribution in [2.45, 2.75) is 13.5 Å². The second kappa shape index (κ2) is 6.67. The van der Waals surface area contributed by atoms with Crippen LogP contribution in [0.4, 0.5) is 8.78 Å². The summed E-state index contributed by atoms with van der Waals surface area (Å²) in [6.07, 6.45) is 0. The van der Waals surface area contributed by atoms with Crippen LogP contribution in [0.1, 0.15) is 18.1 Å². The number of hydrogen-bond donors (Lipinski definition) is 1.